The molecule has 4 aromatic rings. The zero-order valence-electron chi connectivity index (χ0n) is 13.9. The number of benzene rings is 4. The van der Waals surface area contributed by atoms with Crippen molar-refractivity contribution >= 4 is 49.1 Å². The average Bonchev–Trinajstić information content (AvgIpc) is 2.67. The molecule has 4 rings (SSSR count). The normalized spacial score (nSPS) is 11.0. The largest absolute Gasteiger partial charge is 0.457 e. The van der Waals surface area contributed by atoms with Crippen LogP contribution in [-0.4, -0.2) is 5.97 Å². The van der Waals surface area contributed by atoms with Gasteiger partial charge in [0.25, 0.3) is 0 Å². The fourth-order valence-corrected chi connectivity index (χ4v) is 3.40. The lowest BCUT2D eigenvalue weighted by Gasteiger charge is -2.12. The maximum atomic E-state index is 12.5. The van der Waals surface area contributed by atoms with Gasteiger partial charge in [-0.2, -0.15) is 0 Å². The second kappa shape index (κ2) is 6.81. The number of carbonyl (C=O) groups excluding carboxylic acids is 1. The minimum Gasteiger partial charge on any atom is -0.457 e. The first-order valence-corrected chi connectivity index (χ1v) is 9.04. The number of hydrogen-bond acceptors (Lipinski definition) is 3. The molecule has 2 N–H and O–H groups in total. The van der Waals surface area contributed by atoms with Gasteiger partial charge in [0.05, 0.1) is 5.56 Å². The first-order valence-electron chi connectivity index (χ1n) is 8.25. The molecule has 0 aliphatic heterocycles. The molecule has 0 heterocycles. The number of halogens is 1. The van der Waals surface area contributed by atoms with E-state index in [1.807, 2.05) is 24.3 Å². The fourth-order valence-electron chi connectivity index (χ4n) is 3.16. The molecule has 0 saturated carbocycles. The van der Waals surface area contributed by atoms with E-state index in [-0.39, 0.29) is 12.6 Å². The van der Waals surface area contributed by atoms with E-state index in [9.17, 15) is 4.79 Å². The lowest BCUT2D eigenvalue weighted by Crippen LogP contribution is -2.06. The summed E-state index contributed by atoms with van der Waals surface area (Å²) in [5.74, 6) is -0.388. The van der Waals surface area contributed by atoms with Gasteiger partial charge in [-0.05, 0) is 61.7 Å². The summed E-state index contributed by atoms with van der Waals surface area (Å²) in [6.45, 7) is 0.205. The number of fused-ring (bicyclic) bond motifs is 2. The van der Waals surface area contributed by atoms with E-state index in [2.05, 4.69) is 46.3 Å². The van der Waals surface area contributed by atoms with Crippen molar-refractivity contribution in [2.45, 2.75) is 6.61 Å². The van der Waals surface area contributed by atoms with E-state index >= 15 is 0 Å². The Morgan fingerprint density at radius 1 is 0.885 bits per heavy atom. The Morgan fingerprint density at radius 3 is 2.12 bits per heavy atom. The number of rotatable bonds is 3. The molecule has 0 radical (unpaired) electrons. The third kappa shape index (κ3) is 3.04. The SMILES string of the molecule is Nc1cc(C(=O)OCc2c3ccccc3cc3ccccc23)ccc1Br. The van der Waals surface area contributed by atoms with Gasteiger partial charge < -0.3 is 10.5 Å². The minimum absolute atomic E-state index is 0.205. The lowest BCUT2D eigenvalue weighted by molar-refractivity contribution is 0.0476. The van der Waals surface area contributed by atoms with Crippen LogP contribution >= 0.6 is 15.9 Å². The van der Waals surface area contributed by atoms with Crippen molar-refractivity contribution in [3.05, 3.63) is 88.4 Å². The van der Waals surface area contributed by atoms with Gasteiger partial charge in [0.1, 0.15) is 6.61 Å². The third-order valence-electron chi connectivity index (χ3n) is 4.46. The predicted molar refractivity (Wildman–Crippen MR) is 109 cm³/mol. The van der Waals surface area contributed by atoms with Crippen molar-refractivity contribution in [2.24, 2.45) is 0 Å². The van der Waals surface area contributed by atoms with Crippen LogP contribution in [0.3, 0.4) is 0 Å². The third-order valence-corrected chi connectivity index (χ3v) is 5.18. The maximum absolute atomic E-state index is 12.5. The summed E-state index contributed by atoms with van der Waals surface area (Å²) < 4.78 is 6.37. The molecule has 4 heteroatoms. The molecular formula is C22H16BrNO2. The minimum atomic E-state index is -0.388. The molecule has 3 nitrogen and oxygen atoms in total. The van der Waals surface area contributed by atoms with E-state index in [0.29, 0.717) is 11.3 Å². The van der Waals surface area contributed by atoms with E-state index in [1.165, 1.54) is 0 Å². The Morgan fingerprint density at radius 2 is 1.50 bits per heavy atom. The molecule has 0 aliphatic rings. The van der Waals surface area contributed by atoms with Crippen molar-refractivity contribution in [2.75, 3.05) is 5.73 Å². The highest BCUT2D eigenvalue weighted by molar-refractivity contribution is 9.10. The molecular weight excluding hydrogens is 390 g/mol. The molecule has 0 bridgehead atoms. The second-order valence-corrected chi connectivity index (χ2v) is 6.96. The van der Waals surface area contributed by atoms with Crippen molar-refractivity contribution < 1.29 is 9.53 Å². The molecule has 128 valence electrons. The van der Waals surface area contributed by atoms with Crippen LogP contribution in [0.2, 0.25) is 0 Å². The molecule has 0 spiro atoms. The maximum Gasteiger partial charge on any atom is 0.338 e. The molecule has 0 saturated heterocycles. The van der Waals surface area contributed by atoms with Crippen LogP contribution in [-0.2, 0) is 11.3 Å². The monoisotopic (exact) mass is 405 g/mol. The van der Waals surface area contributed by atoms with Gasteiger partial charge in [-0.1, -0.05) is 48.5 Å². The van der Waals surface area contributed by atoms with Gasteiger partial charge in [-0.3, -0.25) is 0 Å². The van der Waals surface area contributed by atoms with Crippen molar-refractivity contribution in [3.8, 4) is 0 Å². The topological polar surface area (TPSA) is 52.3 Å². The Bertz CT molecular complexity index is 1080. The first-order chi connectivity index (χ1) is 12.6. The predicted octanol–water partition coefficient (Wildman–Crippen LogP) is 5.69. The number of carbonyl (C=O) groups is 1. The van der Waals surface area contributed by atoms with Crippen LogP contribution in [0.5, 0.6) is 0 Å². The van der Waals surface area contributed by atoms with Crippen LogP contribution < -0.4 is 5.73 Å². The highest BCUT2D eigenvalue weighted by Crippen LogP contribution is 2.29. The Balaban J connectivity index is 1.71. The van der Waals surface area contributed by atoms with Crippen molar-refractivity contribution in [1.82, 2.24) is 0 Å². The van der Waals surface area contributed by atoms with E-state index in [4.69, 9.17) is 10.5 Å². The molecule has 0 atom stereocenters. The smallest absolute Gasteiger partial charge is 0.338 e. The van der Waals surface area contributed by atoms with Crippen molar-refractivity contribution in [1.29, 1.82) is 0 Å². The summed E-state index contributed by atoms with van der Waals surface area (Å²) >= 11 is 3.33. The van der Waals surface area contributed by atoms with Crippen LogP contribution in [0.15, 0.2) is 77.3 Å². The van der Waals surface area contributed by atoms with E-state index < -0.39 is 0 Å². The average molecular weight is 406 g/mol. The number of nitrogens with two attached hydrogens (primary N) is 1. The lowest BCUT2D eigenvalue weighted by atomic mass is 9.97. The van der Waals surface area contributed by atoms with Crippen LogP contribution in [0.1, 0.15) is 15.9 Å². The van der Waals surface area contributed by atoms with E-state index in [1.54, 1.807) is 18.2 Å². The standard InChI is InChI=1S/C22H16BrNO2/c23-20-10-9-16(12-21(20)24)22(25)26-13-19-17-7-3-1-5-14(17)11-15-6-2-4-8-18(15)19/h1-12H,13,24H2. The van der Waals surface area contributed by atoms with Crippen LogP contribution in [0, 0.1) is 0 Å². The van der Waals surface area contributed by atoms with Gasteiger partial charge in [-0.15, -0.1) is 0 Å². The van der Waals surface area contributed by atoms with E-state index in [0.717, 1.165) is 31.6 Å². The molecule has 0 amide bonds. The Hall–Kier alpha value is -2.85. The summed E-state index contributed by atoms with van der Waals surface area (Å²) in [6.07, 6.45) is 0. The number of esters is 1. The zero-order valence-corrected chi connectivity index (χ0v) is 15.5. The number of anilines is 1. The molecule has 0 aromatic heterocycles. The number of nitrogen functional groups attached to an aromatic ring is 1. The molecule has 0 fully saturated rings. The zero-order chi connectivity index (χ0) is 18.1. The quantitative estimate of drug-likeness (QED) is 0.270. The van der Waals surface area contributed by atoms with Crippen LogP contribution in [0.4, 0.5) is 5.69 Å². The molecule has 26 heavy (non-hydrogen) atoms. The number of ether oxygens (including phenoxy) is 1. The highest BCUT2D eigenvalue weighted by Gasteiger charge is 2.12. The van der Waals surface area contributed by atoms with Gasteiger partial charge in [0, 0.05) is 15.7 Å². The molecule has 4 aromatic carbocycles. The van der Waals surface area contributed by atoms with Gasteiger partial charge in [-0.25, -0.2) is 4.79 Å². The summed E-state index contributed by atoms with van der Waals surface area (Å²) in [6, 6.07) is 23.5. The summed E-state index contributed by atoms with van der Waals surface area (Å²) in [4.78, 5) is 12.5. The van der Waals surface area contributed by atoms with Gasteiger partial charge >= 0.3 is 5.97 Å². The van der Waals surface area contributed by atoms with Crippen LogP contribution in [0.25, 0.3) is 21.5 Å². The summed E-state index contributed by atoms with van der Waals surface area (Å²) in [5, 5.41) is 4.44. The van der Waals surface area contributed by atoms with Gasteiger partial charge in [0.2, 0.25) is 0 Å². The first kappa shape index (κ1) is 16.6. The summed E-state index contributed by atoms with van der Waals surface area (Å²) in [5.41, 5.74) is 7.82. The van der Waals surface area contributed by atoms with Crippen molar-refractivity contribution in [3.63, 3.8) is 0 Å². The highest BCUT2D eigenvalue weighted by atomic mass is 79.9. The van der Waals surface area contributed by atoms with Gasteiger partial charge in [0.15, 0.2) is 0 Å². The second-order valence-electron chi connectivity index (χ2n) is 6.11. The Kier molecular flexibility index (Phi) is 4.35. The Labute approximate surface area is 159 Å². The summed E-state index contributed by atoms with van der Waals surface area (Å²) in [7, 11) is 0. The molecule has 0 unspecified atom stereocenters. The fraction of sp³-hybridized carbons (Fsp3) is 0.0455. The molecule has 0 aliphatic carbocycles. The number of hydrogen-bond donors (Lipinski definition) is 1.